The lowest BCUT2D eigenvalue weighted by atomic mass is 10.2. The molecule has 11 heteroatoms. The molecular weight excluding hydrogens is 469 g/mol. The third-order valence-electron chi connectivity index (χ3n) is 4.41. The molecule has 3 rings (SSSR count). The second-order valence-electron chi connectivity index (χ2n) is 6.56. The number of aromatic nitrogens is 2. The standard InChI is InChI=1S/C19H19Cl2N3O4S2/c1-14-3-4-16(29(25,26)15-5-6-17(20)18(21)11-15)12-19(14)30(27,28)23-7-2-9-24-10-8-22-13-24/h3-6,8,10-13,23H,2,7,9H2,1H3. The summed E-state index contributed by atoms with van der Waals surface area (Å²) >= 11 is 11.8. The summed E-state index contributed by atoms with van der Waals surface area (Å²) in [5.74, 6) is 0. The van der Waals surface area contributed by atoms with E-state index < -0.39 is 19.9 Å². The molecule has 30 heavy (non-hydrogen) atoms. The second-order valence-corrected chi connectivity index (χ2v) is 11.1. The lowest BCUT2D eigenvalue weighted by Gasteiger charge is -2.12. The van der Waals surface area contributed by atoms with E-state index in [1.807, 2.05) is 4.57 Å². The van der Waals surface area contributed by atoms with Crippen LogP contribution in [0.3, 0.4) is 0 Å². The largest absolute Gasteiger partial charge is 0.337 e. The smallest absolute Gasteiger partial charge is 0.240 e. The third-order valence-corrected chi connectivity index (χ3v) is 8.50. The van der Waals surface area contributed by atoms with Crippen LogP contribution in [-0.4, -0.2) is 32.9 Å². The van der Waals surface area contributed by atoms with Gasteiger partial charge in [-0.25, -0.2) is 26.5 Å². The maximum atomic E-state index is 13.0. The molecular formula is C19H19Cl2N3O4S2. The molecule has 1 N–H and O–H groups in total. The zero-order valence-electron chi connectivity index (χ0n) is 15.9. The number of nitrogens with zero attached hydrogens (tertiary/aromatic N) is 2. The molecule has 0 atom stereocenters. The monoisotopic (exact) mass is 487 g/mol. The Hall–Kier alpha value is -1.91. The highest BCUT2D eigenvalue weighted by Gasteiger charge is 2.23. The van der Waals surface area contributed by atoms with Crippen molar-refractivity contribution in [1.29, 1.82) is 0 Å². The molecule has 3 aromatic rings. The van der Waals surface area contributed by atoms with Crippen LogP contribution in [0.25, 0.3) is 0 Å². The number of hydrogen-bond donors (Lipinski definition) is 1. The summed E-state index contributed by atoms with van der Waals surface area (Å²) in [6.07, 6.45) is 5.63. The van der Waals surface area contributed by atoms with E-state index in [0.717, 1.165) is 6.07 Å². The van der Waals surface area contributed by atoms with Crippen molar-refractivity contribution in [3.63, 3.8) is 0 Å². The van der Waals surface area contributed by atoms with E-state index in [2.05, 4.69) is 9.71 Å². The van der Waals surface area contributed by atoms with Crippen LogP contribution in [0.2, 0.25) is 10.0 Å². The number of halogens is 2. The Bertz CT molecular complexity index is 1260. The van der Waals surface area contributed by atoms with Crippen LogP contribution < -0.4 is 4.72 Å². The number of benzene rings is 2. The van der Waals surface area contributed by atoms with Gasteiger partial charge >= 0.3 is 0 Å². The second kappa shape index (κ2) is 9.07. The molecule has 0 aliphatic heterocycles. The maximum absolute atomic E-state index is 13.0. The fourth-order valence-corrected chi connectivity index (χ4v) is 5.87. The van der Waals surface area contributed by atoms with Gasteiger partial charge in [-0.05, 0) is 49.2 Å². The Morgan fingerprint density at radius 2 is 1.70 bits per heavy atom. The molecule has 0 unspecified atom stereocenters. The Morgan fingerprint density at radius 3 is 2.37 bits per heavy atom. The molecule has 0 aliphatic carbocycles. The van der Waals surface area contributed by atoms with Crippen LogP contribution in [0.5, 0.6) is 0 Å². The van der Waals surface area contributed by atoms with Crippen molar-refractivity contribution in [1.82, 2.24) is 14.3 Å². The summed E-state index contributed by atoms with van der Waals surface area (Å²) in [5.41, 5.74) is 0.435. The summed E-state index contributed by atoms with van der Waals surface area (Å²) in [6.45, 7) is 2.41. The Balaban J connectivity index is 1.83. The highest BCUT2D eigenvalue weighted by molar-refractivity contribution is 7.91. The van der Waals surface area contributed by atoms with Crippen LogP contribution in [0.15, 0.2) is 69.8 Å². The van der Waals surface area contributed by atoms with Gasteiger partial charge in [0.1, 0.15) is 0 Å². The van der Waals surface area contributed by atoms with Crippen molar-refractivity contribution in [3.05, 3.63) is 70.7 Å². The number of sulfone groups is 1. The first kappa shape index (κ1) is 22.8. The predicted molar refractivity (Wildman–Crippen MR) is 115 cm³/mol. The van der Waals surface area contributed by atoms with Crippen LogP contribution in [0, 0.1) is 6.92 Å². The van der Waals surface area contributed by atoms with Crippen molar-refractivity contribution in [2.45, 2.75) is 34.6 Å². The van der Waals surface area contributed by atoms with E-state index in [1.165, 1.54) is 30.3 Å². The number of aryl methyl sites for hydroxylation is 2. The number of hydrogen-bond acceptors (Lipinski definition) is 5. The number of imidazole rings is 1. The van der Waals surface area contributed by atoms with Crippen molar-refractivity contribution in [3.8, 4) is 0 Å². The van der Waals surface area contributed by atoms with Gasteiger partial charge in [-0.1, -0.05) is 29.3 Å². The molecule has 1 heterocycles. The molecule has 0 spiro atoms. The molecule has 0 saturated carbocycles. The molecule has 1 aromatic heterocycles. The van der Waals surface area contributed by atoms with Gasteiger partial charge in [-0.3, -0.25) is 0 Å². The highest BCUT2D eigenvalue weighted by atomic mass is 35.5. The van der Waals surface area contributed by atoms with Gasteiger partial charge in [0.15, 0.2) is 0 Å². The van der Waals surface area contributed by atoms with E-state index in [0.29, 0.717) is 18.5 Å². The summed E-state index contributed by atoms with van der Waals surface area (Å²) in [4.78, 5) is 3.62. The van der Waals surface area contributed by atoms with Crippen molar-refractivity contribution in [2.75, 3.05) is 6.54 Å². The molecule has 160 valence electrons. The van der Waals surface area contributed by atoms with Gasteiger partial charge in [0.05, 0.1) is 31.1 Å². The fourth-order valence-electron chi connectivity index (χ4n) is 2.78. The first-order valence-electron chi connectivity index (χ1n) is 8.87. The van der Waals surface area contributed by atoms with E-state index in [9.17, 15) is 16.8 Å². The zero-order valence-corrected chi connectivity index (χ0v) is 19.1. The summed E-state index contributed by atoms with van der Waals surface area (Å²) in [6, 6.07) is 7.93. The van der Waals surface area contributed by atoms with E-state index in [1.54, 1.807) is 25.6 Å². The lowest BCUT2D eigenvalue weighted by Crippen LogP contribution is -2.26. The van der Waals surface area contributed by atoms with Gasteiger partial charge in [-0.2, -0.15) is 0 Å². The average Bonchev–Trinajstić information content (AvgIpc) is 3.21. The molecule has 0 fully saturated rings. The number of sulfonamides is 1. The lowest BCUT2D eigenvalue weighted by molar-refractivity contribution is 0.569. The summed E-state index contributed by atoms with van der Waals surface area (Å²) in [5, 5.41) is 0.319. The fraction of sp³-hybridized carbons (Fsp3) is 0.211. The SMILES string of the molecule is Cc1ccc(S(=O)(=O)c2ccc(Cl)c(Cl)c2)cc1S(=O)(=O)NCCCn1ccnc1. The van der Waals surface area contributed by atoms with Crippen LogP contribution >= 0.6 is 23.2 Å². The first-order chi connectivity index (χ1) is 14.1. The molecule has 2 aromatic carbocycles. The Labute approximate surface area is 185 Å². The van der Waals surface area contributed by atoms with Crippen molar-refractivity contribution in [2.24, 2.45) is 0 Å². The number of rotatable bonds is 8. The molecule has 0 radical (unpaired) electrons. The first-order valence-corrected chi connectivity index (χ1v) is 12.6. The topological polar surface area (TPSA) is 98.1 Å². The average molecular weight is 488 g/mol. The Kier molecular flexibility index (Phi) is 6.88. The quantitative estimate of drug-likeness (QED) is 0.488. The van der Waals surface area contributed by atoms with E-state index >= 15 is 0 Å². The predicted octanol–water partition coefficient (Wildman–Crippen LogP) is 3.70. The molecule has 0 aliphatic rings. The van der Waals surface area contributed by atoms with Gasteiger partial charge in [0.2, 0.25) is 19.9 Å². The zero-order chi connectivity index (χ0) is 21.9. The molecule has 0 saturated heterocycles. The van der Waals surface area contributed by atoms with Crippen molar-refractivity contribution >= 4 is 43.1 Å². The Morgan fingerprint density at radius 1 is 1.00 bits per heavy atom. The van der Waals surface area contributed by atoms with Crippen molar-refractivity contribution < 1.29 is 16.8 Å². The minimum atomic E-state index is -3.98. The van der Waals surface area contributed by atoms with Gasteiger partial charge in [0.25, 0.3) is 0 Å². The minimum Gasteiger partial charge on any atom is -0.337 e. The summed E-state index contributed by atoms with van der Waals surface area (Å²) in [7, 11) is -7.88. The summed E-state index contributed by atoms with van der Waals surface area (Å²) < 4.78 is 55.8. The third kappa shape index (κ3) is 5.04. The molecule has 7 nitrogen and oxygen atoms in total. The molecule has 0 amide bonds. The van der Waals surface area contributed by atoms with Gasteiger partial charge in [0, 0.05) is 25.5 Å². The maximum Gasteiger partial charge on any atom is 0.240 e. The normalized spacial score (nSPS) is 12.2. The van der Waals surface area contributed by atoms with Gasteiger partial charge in [-0.15, -0.1) is 0 Å². The minimum absolute atomic E-state index is 0.0719. The van der Waals surface area contributed by atoms with Gasteiger partial charge < -0.3 is 4.57 Å². The molecule has 0 bridgehead atoms. The van der Waals surface area contributed by atoms with E-state index in [-0.39, 0.29) is 31.3 Å². The van der Waals surface area contributed by atoms with Crippen LogP contribution in [0.1, 0.15) is 12.0 Å². The van der Waals surface area contributed by atoms with Crippen LogP contribution in [-0.2, 0) is 26.4 Å². The number of nitrogens with one attached hydrogen (secondary N) is 1. The van der Waals surface area contributed by atoms with E-state index in [4.69, 9.17) is 23.2 Å². The van der Waals surface area contributed by atoms with Crippen LogP contribution in [0.4, 0.5) is 0 Å². The highest BCUT2D eigenvalue weighted by Crippen LogP contribution is 2.30.